The van der Waals surface area contributed by atoms with Gasteiger partial charge < -0.3 is 14.8 Å². The van der Waals surface area contributed by atoms with E-state index in [4.69, 9.17) is 9.47 Å². The van der Waals surface area contributed by atoms with Gasteiger partial charge in [-0.3, -0.25) is 4.79 Å². The Hall–Kier alpha value is -2.65. The summed E-state index contributed by atoms with van der Waals surface area (Å²) in [6, 6.07) is 10.2. The molecule has 0 spiro atoms. The second kappa shape index (κ2) is 10.3. The minimum atomic E-state index is -3.78. The van der Waals surface area contributed by atoms with Crippen molar-refractivity contribution in [3.63, 3.8) is 0 Å². The largest absolute Gasteiger partial charge is 0.493 e. The highest BCUT2D eigenvalue weighted by Crippen LogP contribution is 2.29. The Labute approximate surface area is 188 Å². The molecule has 1 heterocycles. The molecule has 1 atom stereocenters. The highest BCUT2D eigenvalue weighted by molar-refractivity contribution is 7.89. The van der Waals surface area contributed by atoms with Crippen LogP contribution < -0.4 is 14.8 Å². The quantitative estimate of drug-likeness (QED) is 0.648. The molecule has 0 radical (unpaired) electrons. The first kappa shape index (κ1) is 24.0. The van der Waals surface area contributed by atoms with Gasteiger partial charge in [0.15, 0.2) is 11.5 Å². The molecule has 1 amide bonds. The minimum absolute atomic E-state index is 0.00916. The maximum atomic E-state index is 13.2. The second-order valence-electron chi connectivity index (χ2n) is 8.03. The number of ether oxygens (including phenoxy) is 2. The van der Waals surface area contributed by atoms with Crippen molar-refractivity contribution < 1.29 is 27.1 Å². The molecule has 0 aliphatic carbocycles. The summed E-state index contributed by atoms with van der Waals surface area (Å²) in [5.41, 5.74) is 0.845. The molecule has 2 aromatic rings. The molecule has 174 valence electrons. The third kappa shape index (κ3) is 5.77. The molecule has 0 bridgehead atoms. The summed E-state index contributed by atoms with van der Waals surface area (Å²) >= 11 is 0. The van der Waals surface area contributed by atoms with E-state index < -0.39 is 21.8 Å². The molecule has 9 heteroatoms. The van der Waals surface area contributed by atoms with Gasteiger partial charge in [0.2, 0.25) is 15.9 Å². The summed E-state index contributed by atoms with van der Waals surface area (Å²) in [5, 5.41) is 2.89. The van der Waals surface area contributed by atoms with E-state index in [1.165, 1.54) is 16.4 Å². The highest BCUT2D eigenvalue weighted by Gasteiger charge is 2.33. The fraction of sp³-hybridized carbons (Fsp3) is 0.435. The lowest BCUT2D eigenvalue weighted by molar-refractivity contribution is -0.126. The fourth-order valence-electron chi connectivity index (χ4n) is 3.64. The normalized spacial score (nSPS) is 17.2. The molecule has 1 aliphatic heterocycles. The van der Waals surface area contributed by atoms with Crippen molar-refractivity contribution in [3.05, 3.63) is 53.8 Å². The van der Waals surface area contributed by atoms with Crippen LogP contribution in [0.4, 0.5) is 4.39 Å². The van der Waals surface area contributed by atoms with E-state index in [2.05, 4.69) is 5.32 Å². The van der Waals surface area contributed by atoms with Gasteiger partial charge in [-0.05, 0) is 68.7 Å². The predicted molar refractivity (Wildman–Crippen MR) is 118 cm³/mol. The summed E-state index contributed by atoms with van der Waals surface area (Å²) in [5.74, 6) is 0.0568. The Balaban J connectivity index is 1.62. The summed E-state index contributed by atoms with van der Waals surface area (Å²) in [6.45, 7) is 4.57. The number of hydrogen-bond donors (Lipinski definition) is 1. The summed E-state index contributed by atoms with van der Waals surface area (Å²) in [4.78, 5) is 12.8. The van der Waals surface area contributed by atoms with Gasteiger partial charge >= 0.3 is 0 Å². The van der Waals surface area contributed by atoms with Crippen molar-refractivity contribution in [3.8, 4) is 11.5 Å². The van der Waals surface area contributed by atoms with Crippen molar-refractivity contribution in [1.29, 1.82) is 0 Å². The minimum Gasteiger partial charge on any atom is -0.493 e. The lowest BCUT2D eigenvalue weighted by Gasteiger charge is -2.31. The Bertz CT molecular complexity index is 1040. The van der Waals surface area contributed by atoms with Gasteiger partial charge in [-0.15, -0.1) is 0 Å². The second-order valence-corrected chi connectivity index (χ2v) is 9.96. The molecular weight excluding hydrogens is 435 g/mol. The molecule has 0 aromatic heterocycles. The Morgan fingerprint density at radius 1 is 1.19 bits per heavy atom. The standard InChI is InChI=1S/C23H29FN2O5S/c1-16(2)31-21-11-6-17(13-22(21)30-3)14-25-23(27)18-5-4-12-26(15-18)32(28,29)20-9-7-19(24)8-10-20/h6-11,13,16,18H,4-5,12,14-15H2,1-3H3,(H,25,27)/t18-/m1/s1. The first-order valence-corrected chi connectivity index (χ1v) is 12.0. The van der Waals surface area contributed by atoms with Crippen LogP contribution >= 0.6 is 0 Å². The van der Waals surface area contributed by atoms with Gasteiger partial charge in [-0.25, -0.2) is 12.8 Å². The van der Waals surface area contributed by atoms with E-state index in [0.29, 0.717) is 37.4 Å². The maximum Gasteiger partial charge on any atom is 0.243 e. The van der Waals surface area contributed by atoms with Crippen LogP contribution in [-0.2, 0) is 21.4 Å². The van der Waals surface area contributed by atoms with Crippen LogP contribution in [0.3, 0.4) is 0 Å². The first-order chi connectivity index (χ1) is 15.2. The maximum absolute atomic E-state index is 13.2. The van der Waals surface area contributed by atoms with Crippen LogP contribution in [0.25, 0.3) is 0 Å². The van der Waals surface area contributed by atoms with E-state index in [-0.39, 0.29) is 23.5 Å². The monoisotopic (exact) mass is 464 g/mol. The van der Waals surface area contributed by atoms with Crippen LogP contribution in [0.1, 0.15) is 32.3 Å². The number of piperidine rings is 1. The van der Waals surface area contributed by atoms with Crippen molar-refractivity contribution in [2.75, 3.05) is 20.2 Å². The number of amides is 1. The first-order valence-electron chi connectivity index (χ1n) is 10.6. The SMILES string of the molecule is COc1cc(CNC(=O)[C@@H]2CCCN(S(=O)(=O)c3ccc(F)cc3)C2)ccc1OC(C)C. The Morgan fingerprint density at radius 2 is 1.91 bits per heavy atom. The number of hydrogen-bond acceptors (Lipinski definition) is 5. The lowest BCUT2D eigenvalue weighted by atomic mass is 9.98. The topological polar surface area (TPSA) is 84.9 Å². The smallest absolute Gasteiger partial charge is 0.243 e. The van der Waals surface area contributed by atoms with Crippen LogP contribution in [0, 0.1) is 11.7 Å². The van der Waals surface area contributed by atoms with E-state index in [1.807, 2.05) is 26.0 Å². The number of rotatable bonds is 8. The molecule has 1 saturated heterocycles. The Morgan fingerprint density at radius 3 is 2.56 bits per heavy atom. The van der Waals surface area contributed by atoms with Crippen molar-refractivity contribution in [2.24, 2.45) is 5.92 Å². The van der Waals surface area contributed by atoms with Crippen LogP contribution in [-0.4, -0.2) is 44.9 Å². The van der Waals surface area contributed by atoms with Gasteiger partial charge in [0, 0.05) is 19.6 Å². The molecule has 7 nitrogen and oxygen atoms in total. The van der Waals surface area contributed by atoms with Gasteiger partial charge in [0.05, 0.1) is 24.0 Å². The molecular formula is C23H29FN2O5S. The van der Waals surface area contributed by atoms with E-state index in [9.17, 15) is 17.6 Å². The predicted octanol–water partition coefficient (Wildman–Crippen LogP) is 3.34. The average Bonchev–Trinajstić information content (AvgIpc) is 2.78. The van der Waals surface area contributed by atoms with Crippen molar-refractivity contribution in [2.45, 2.75) is 44.2 Å². The number of nitrogens with zero attached hydrogens (tertiary/aromatic N) is 1. The number of methoxy groups -OCH3 is 1. The van der Waals surface area contributed by atoms with E-state index >= 15 is 0 Å². The number of benzene rings is 2. The molecule has 0 unspecified atom stereocenters. The zero-order chi connectivity index (χ0) is 23.3. The van der Waals surface area contributed by atoms with Crippen LogP contribution in [0.2, 0.25) is 0 Å². The molecule has 0 saturated carbocycles. The summed E-state index contributed by atoms with van der Waals surface area (Å²) < 4.78 is 51.3. The summed E-state index contributed by atoms with van der Waals surface area (Å²) in [7, 11) is -2.22. The van der Waals surface area contributed by atoms with Crippen LogP contribution in [0.15, 0.2) is 47.4 Å². The van der Waals surface area contributed by atoms with Gasteiger partial charge in [-0.2, -0.15) is 4.31 Å². The van der Waals surface area contributed by atoms with Crippen molar-refractivity contribution >= 4 is 15.9 Å². The average molecular weight is 465 g/mol. The third-order valence-electron chi connectivity index (χ3n) is 5.26. The number of sulfonamides is 1. The number of carbonyl (C=O) groups is 1. The highest BCUT2D eigenvalue weighted by atomic mass is 32.2. The molecule has 2 aromatic carbocycles. The number of nitrogens with one attached hydrogen (secondary N) is 1. The number of halogens is 1. The van der Waals surface area contributed by atoms with Gasteiger partial charge in [0.1, 0.15) is 5.82 Å². The zero-order valence-electron chi connectivity index (χ0n) is 18.5. The lowest BCUT2D eigenvalue weighted by Crippen LogP contribution is -2.45. The molecule has 3 rings (SSSR count). The van der Waals surface area contributed by atoms with E-state index in [1.54, 1.807) is 13.2 Å². The third-order valence-corrected chi connectivity index (χ3v) is 7.14. The van der Waals surface area contributed by atoms with Crippen molar-refractivity contribution in [1.82, 2.24) is 9.62 Å². The van der Waals surface area contributed by atoms with Gasteiger partial charge in [-0.1, -0.05) is 6.07 Å². The number of carbonyl (C=O) groups excluding carboxylic acids is 1. The molecule has 32 heavy (non-hydrogen) atoms. The molecule has 1 N–H and O–H groups in total. The van der Waals surface area contributed by atoms with Gasteiger partial charge in [0.25, 0.3) is 0 Å². The molecule has 1 fully saturated rings. The molecule has 1 aliphatic rings. The zero-order valence-corrected chi connectivity index (χ0v) is 19.3. The Kier molecular flexibility index (Phi) is 7.73. The van der Waals surface area contributed by atoms with Crippen LogP contribution in [0.5, 0.6) is 11.5 Å². The van der Waals surface area contributed by atoms with E-state index in [0.717, 1.165) is 17.7 Å². The fourth-order valence-corrected chi connectivity index (χ4v) is 5.16. The summed E-state index contributed by atoms with van der Waals surface area (Å²) in [6.07, 6.45) is 1.19.